The Bertz CT molecular complexity index is 1580. The van der Waals surface area contributed by atoms with Crippen LogP contribution in [0, 0.1) is 44.8 Å². The average Bonchev–Trinajstić information content (AvgIpc) is 3.33. The standard InChI is InChI=1S/C38H51N3O3/c1-33(2)14-16-38(32(43)44)17-15-37(7)29(26(38)20-33)24(23-10-8-22(21-42)9-11-23)18-28-35(5)19-25-30(40-41-31(25)39)34(3,4)27(35)12-13-36(28,37)6/h8-11,21,26-28H,12-20H2,1-7H3,(H,43,44)(H3,39,40,41). The number of nitrogen functional groups attached to an aromatic ring is 1. The van der Waals surface area contributed by atoms with Crippen LogP contribution in [0.25, 0.3) is 5.57 Å². The molecule has 7 unspecified atom stereocenters. The van der Waals surface area contributed by atoms with E-state index < -0.39 is 11.4 Å². The first-order chi connectivity index (χ1) is 20.5. The number of aliphatic carboxylic acids is 1. The molecular weight excluding hydrogens is 546 g/mol. The lowest BCUT2D eigenvalue weighted by molar-refractivity contribution is -0.175. The van der Waals surface area contributed by atoms with Gasteiger partial charge in [-0.05, 0) is 108 Å². The number of carboxylic acid groups (broad SMARTS) is 1. The number of hydrogen-bond donors (Lipinski definition) is 3. The van der Waals surface area contributed by atoms with Crippen LogP contribution in [-0.2, 0) is 16.6 Å². The zero-order chi connectivity index (χ0) is 31.7. The Morgan fingerprint density at radius 3 is 2.32 bits per heavy atom. The summed E-state index contributed by atoms with van der Waals surface area (Å²) in [6.07, 6.45) is 9.26. The zero-order valence-corrected chi connectivity index (χ0v) is 27.8. The number of aromatic nitrogens is 2. The topological polar surface area (TPSA) is 109 Å². The van der Waals surface area contributed by atoms with E-state index in [0.717, 1.165) is 69.6 Å². The molecule has 3 fully saturated rings. The van der Waals surface area contributed by atoms with Gasteiger partial charge in [-0.1, -0.05) is 78.3 Å². The number of nitrogens with zero attached hydrogens (tertiary/aromatic N) is 1. The second-order valence-corrected chi connectivity index (χ2v) is 17.5. The molecule has 5 aliphatic rings. The number of anilines is 1. The molecule has 5 aliphatic carbocycles. The molecule has 0 aliphatic heterocycles. The van der Waals surface area contributed by atoms with E-state index in [2.05, 4.69) is 70.8 Å². The molecule has 0 bridgehead atoms. The Kier molecular flexibility index (Phi) is 6.16. The van der Waals surface area contributed by atoms with Gasteiger partial charge in [0.05, 0.1) is 5.41 Å². The molecule has 1 heterocycles. The van der Waals surface area contributed by atoms with Gasteiger partial charge in [0.15, 0.2) is 0 Å². The fraction of sp³-hybridized carbons (Fsp3) is 0.658. The number of nitrogens with two attached hydrogens (primary N) is 1. The van der Waals surface area contributed by atoms with E-state index in [1.165, 1.54) is 22.4 Å². The molecule has 1 aromatic carbocycles. The van der Waals surface area contributed by atoms with Crippen LogP contribution in [0.5, 0.6) is 0 Å². The van der Waals surface area contributed by atoms with Crippen molar-refractivity contribution in [3.63, 3.8) is 0 Å². The highest BCUT2D eigenvalue weighted by Crippen LogP contribution is 2.77. The Hall–Kier alpha value is -2.89. The average molecular weight is 598 g/mol. The number of aldehydes is 1. The number of carbonyl (C=O) groups is 2. The lowest BCUT2D eigenvalue weighted by Crippen LogP contribution is -2.65. The lowest BCUT2D eigenvalue weighted by Gasteiger charge is -2.71. The first kappa shape index (κ1) is 29.8. The minimum Gasteiger partial charge on any atom is -0.481 e. The summed E-state index contributed by atoms with van der Waals surface area (Å²) in [5, 5.41) is 18.8. The van der Waals surface area contributed by atoms with Crippen LogP contribution in [-0.4, -0.2) is 27.6 Å². The molecule has 0 radical (unpaired) electrons. The van der Waals surface area contributed by atoms with Gasteiger partial charge in [-0.2, -0.15) is 5.10 Å². The molecule has 7 atom stereocenters. The fourth-order valence-corrected chi connectivity index (χ4v) is 12.2. The molecule has 7 rings (SSSR count). The highest BCUT2D eigenvalue weighted by Gasteiger charge is 2.70. The summed E-state index contributed by atoms with van der Waals surface area (Å²) in [6.45, 7) is 17.0. The Morgan fingerprint density at radius 1 is 0.977 bits per heavy atom. The first-order valence-electron chi connectivity index (χ1n) is 16.9. The molecule has 0 saturated heterocycles. The number of aromatic amines is 1. The van der Waals surface area contributed by atoms with Gasteiger partial charge in [-0.15, -0.1) is 0 Å². The monoisotopic (exact) mass is 597 g/mol. The predicted octanol–water partition coefficient (Wildman–Crippen LogP) is 8.23. The van der Waals surface area contributed by atoms with Gasteiger partial charge in [-0.25, -0.2) is 0 Å². The molecule has 236 valence electrons. The van der Waals surface area contributed by atoms with Crippen molar-refractivity contribution < 1.29 is 14.7 Å². The number of benzene rings is 1. The maximum absolute atomic E-state index is 13.3. The molecule has 44 heavy (non-hydrogen) atoms. The zero-order valence-electron chi connectivity index (χ0n) is 27.8. The second kappa shape index (κ2) is 9.10. The third-order valence-corrected chi connectivity index (χ3v) is 14.8. The van der Waals surface area contributed by atoms with Crippen LogP contribution in [0.1, 0.15) is 127 Å². The number of carboxylic acids is 1. The molecule has 4 N–H and O–H groups in total. The van der Waals surface area contributed by atoms with Gasteiger partial charge in [0, 0.05) is 22.2 Å². The lowest BCUT2D eigenvalue weighted by atomic mass is 9.33. The molecule has 2 aromatic rings. The third-order valence-electron chi connectivity index (χ3n) is 14.8. The highest BCUT2D eigenvalue weighted by atomic mass is 16.4. The molecule has 1 aromatic heterocycles. The molecular formula is C38H51N3O3. The normalized spacial score (nSPS) is 40.1. The minimum absolute atomic E-state index is 0.00279. The van der Waals surface area contributed by atoms with Crippen molar-refractivity contribution in [1.82, 2.24) is 10.2 Å². The molecule has 6 nitrogen and oxygen atoms in total. The van der Waals surface area contributed by atoms with Crippen molar-refractivity contribution in [1.29, 1.82) is 0 Å². The van der Waals surface area contributed by atoms with Gasteiger partial charge < -0.3 is 10.8 Å². The van der Waals surface area contributed by atoms with Crippen molar-refractivity contribution in [3.05, 3.63) is 52.2 Å². The Morgan fingerprint density at radius 2 is 1.66 bits per heavy atom. The summed E-state index contributed by atoms with van der Waals surface area (Å²) in [5.41, 5.74) is 12.7. The van der Waals surface area contributed by atoms with Crippen LogP contribution in [0.15, 0.2) is 29.8 Å². The first-order valence-corrected chi connectivity index (χ1v) is 16.9. The molecule has 0 amide bonds. The van der Waals surface area contributed by atoms with E-state index in [1.54, 1.807) is 0 Å². The van der Waals surface area contributed by atoms with Gasteiger partial charge in [0.2, 0.25) is 0 Å². The van der Waals surface area contributed by atoms with E-state index in [0.29, 0.717) is 23.2 Å². The SMILES string of the molecule is CC1(C)CCC2(C(=O)O)CCC3(C)C(=C(c4ccc(C=O)cc4)CC4C5(C)Cc6c(N)n[nH]c6C(C)(C)C5CCC43C)C2C1. The number of allylic oxidation sites excluding steroid dienone is 2. The summed E-state index contributed by atoms with van der Waals surface area (Å²) in [7, 11) is 0. The van der Waals surface area contributed by atoms with Gasteiger partial charge in [0.25, 0.3) is 0 Å². The fourth-order valence-electron chi connectivity index (χ4n) is 12.2. The van der Waals surface area contributed by atoms with Crippen molar-refractivity contribution in [2.24, 2.45) is 44.8 Å². The maximum atomic E-state index is 13.3. The Labute approximate surface area is 262 Å². The van der Waals surface area contributed by atoms with Crippen LogP contribution in [0.2, 0.25) is 0 Å². The third kappa shape index (κ3) is 3.63. The minimum atomic E-state index is -0.713. The number of nitrogens with one attached hydrogen (secondary N) is 1. The molecule has 3 saturated carbocycles. The molecule has 0 spiro atoms. The van der Waals surface area contributed by atoms with Gasteiger partial charge in [0.1, 0.15) is 12.1 Å². The summed E-state index contributed by atoms with van der Waals surface area (Å²) in [5.74, 6) is 0.892. The summed E-state index contributed by atoms with van der Waals surface area (Å²) < 4.78 is 0. The predicted molar refractivity (Wildman–Crippen MR) is 174 cm³/mol. The summed E-state index contributed by atoms with van der Waals surface area (Å²) in [4.78, 5) is 25.0. The van der Waals surface area contributed by atoms with E-state index in [-0.39, 0.29) is 33.0 Å². The number of rotatable bonds is 3. The van der Waals surface area contributed by atoms with Crippen LogP contribution >= 0.6 is 0 Å². The maximum Gasteiger partial charge on any atom is 0.310 e. The van der Waals surface area contributed by atoms with Crippen LogP contribution in [0.3, 0.4) is 0 Å². The van der Waals surface area contributed by atoms with Crippen molar-refractivity contribution in [3.8, 4) is 0 Å². The van der Waals surface area contributed by atoms with Crippen molar-refractivity contribution in [2.45, 2.75) is 112 Å². The number of carbonyl (C=O) groups excluding carboxylic acids is 1. The van der Waals surface area contributed by atoms with E-state index in [9.17, 15) is 14.7 Å². The smallest absolute Gasteiger partial charge is 0.310 e. The number of fused-ring (bicyclic) bond motifs is 8. The van der Waals surface area contributed by atoms with Gasteiger partial charge >= 0.3 is 5.97 Å². The van der Waals surface area contributed by atoms with Gasteiger partial charge in [-0.3, -0.25) is 14.7 Å². The second-order valence-electron chi connectivity index (χ2n) is 17.5. The summed E-state index contributed by atoms with van der Waals surface area (Å²) >= 11 is 0. The number of hydrogen-bond acceptors (Lipinski definition) is 4. The quantitative estimate of drug-likeness (QED) is 0.309. The van der Waals surface area contributed by atoms with Crippen molar-refractivity contribution in [2.75, 3.05) is 5.73 Å². The number of H-pyrrole nitrogens is 1. The van der Waals surface area contributed by atoms with Crippen molar-refractivity contribution >= 4 is 23.6 Å². The van der Waals surface area contributed by atoms with E-state index in [4.69, 9.17) is 5.73 Å². The largest absolute Gasteiger partial charge is 0.481 e. The van der Waals surface area contributed by atoms with E-state index >= 15 is 0 Å². The summed E-state index contributed by atoms with van der Waals surface area (Å²) in [6, 6.07) is 8.12. The van der Waals surface area contributed by atoms with Crippen LogP contribution in [0.4, 0.5) is 5.82 Å². The highest BCUT2D eigenvalue weighted by molar-refractivity contribution is 5.81. The molecule has 6 heteroatoms. The van der Waals surface area contributed by atoms with E-state index in [1.807, 2.05) is 12.1 Å². The Balaban J connectivity index is 1.48. The van der Waals surface area contributed by atoms with Crippen LogP contribution < -0.4 is 5.73 Å².